The number of nitrogens with zero attached hydrogens (tertiary/aromatic N) is 1. The first kappa shape index (κ1) is 11.5. The second kappa shape index (κ2) is 5.35. The van der Waals surface area contributed by atoms with Gasteiger partial charge in [0.2, 0.25) is 5.91 Å². The normalized spacial score (nSPS) is 22.0. The molecule has 14 heavy (non-hydrogen) atoms. The van der Waals surface area contributed by atoms with E-state index in [1.54, 1.807) is 0 Å². The lowest BCUT2D eigenvalue weighted by molar-refractivity contribution is -0.135. The molecule has 1 aliphatic rings. The highest BCUT2D eigenvalue weighted by Gasteiger charge is 2.29. The molecule has 0 aromatic heterocycles. The van der Waals surface area contributed by atoms with Gasteiger partial charge in [0.15, 0.2) is 0 Å². The molecule has 1 aliphatic heterocycles. The number of amides is 1. The molecule has 1 saturated heterocycles. The Hall–Kier alpha value is -0.570. The second-order valence-electron chi connectivity index (χ2n) is 4.35. The topological polar surface area (TPSA) is 40.5 Å². The van der Waals surface area contributed by atoms with Gasteiger partial charge in [0.25, 0.3) is 0 Å². The highest BCUT2D eigenvalue weighted by molar-refractivity contribution is 5.78. The van der Waals surface area contributed by atoms with E-state index in [-0.39, 0.29) is 18.4 Å². The summed E-state index contributed by atoms with van der Waals surface area (Å²) in [5.74, 6) is 0.371. The van der Waals surface area contributed by atoms with Crippen LogP contribution in [0.1, 0.15) is 39.5 Å². The van der Waals surface area contributed by atoms with Crippen LogP contribution in [-0.4, -0.2) is 35.1 Å². The van der Waals surface area contributed by atoms with E-state index in [0.717, 1.165) is 32.2 Å². The molecule has 1 heterocycles. The van der Waals surface area contributed by atoms with Crippen molar-refractivity contribution < 1.29 is 9.90 Å². The first-order valence-electron chi connectivity index (χ1n) is 5.58. The van der Waals surface area contributed by atoms with E-state index in [4.69, 9.17) is 5.11 Å². The zero-order valence-corrected chi connectivity index (χ0v) is 9.20. The molecule has 1 unspecified atom stereocenters. The van der Waals surface area contributed by atoms with Crippen molar-refractivity contribution in [2.75, 3.05) is 13.2 Å². The molecule has 82 valence electrons. The van der Waals surface area contributed by atoms with E-state index in [0.29, 0.717) is 6.04 Å². The minimum absolute atomic E-state index is 0.102. The Morgan fingerprint density at radius 1 is 1.57 bits per heavy atom. The molecule has 0 aromatic rings. The van der Waals surface area contributed by atoms with Crippen molar-refractivity contribution in [1.82, 2.24) is 4.90 Å². The van der Waals surface area contributed by atoms with Crippen molar-refractivity contribution in [2.45, 2.75) is 45.6 Å². The zero-order valence-electron chi connectivity index (χ0n) is 9.20. The summed E-state index contributed by atoms with van der Waals surface area (Å²) in [4.78, 5) is 13.8. The number of hydrogen-bond acceptors (Lipinski definition) is 2. The lowest BCUT2D eigenvalue weighted by atomic mass is 10.1. The Labute approximate surface area is 86.1 Å². The molecular formula is C11H21NO2. The largest absolute Gasteiger partial charge is 0.396 e. The van der Waals surface area contributed by atoms with Gasteiger partial charge in [0.05, 0.1) is 0 Å². The maximum absolute atomic E-state index is 11.8. The molecule has 3 nitrogen and oxygen atoms in total. The molecule has 1 atom stereocenters. The minimum Gasteiger partial charge on any atom is -0.396 e. The Morgan fingerprint density at radius 3 is 2.86 bits per heavy atom. The van der Waals surface area contributed by atoms with Gasteiger partial charge in [-0.25, -0.2) is 0 Å². The average molecular weight is 199 g/mol. The summed E-state index contributed by atoms with van der Waals surface area (Å²) in [6.45, 7) is 5.04. The van der Waals surface area contributed by atoms with Crippen LogP contribution in [0.5, 0.6) is 0 Å². The number of likely N-dealkylation sites (tertiary alicyclic amines) is 1. The van der Waals surface area contributed by atoms with Crippen molar-refractivity contribution in [2.24, 2.45) is 5.92 Å². The molecule has 0 saturated carbocycles. The smallest absolute Gasteiger partial charge is 0.225 e. The van der Waals surface area contributed by atoms with Crippen LogP contribution < -0.4 is 0 Å². The Bertz CT molecular complexity index is 192. The fraction of sp³-hybridized carbons (Fsp3) is 0.909. The molecule has 0 radical (unpaired) electrons. The van der Waals surface area contributed by atoms with Crippen molar-refractivity contribution in [3.8, 4) is 0 Å². The van der Waals surface area contributed by atoms with Gasteiger partial charge < -0.3 is 10.0 Å². The summed E-state index contributed by atoms with van der Waals surface area (Å²) < 4.78 is 0. The van der Waals surface area contributed by atoms with Gasteiger partial charge in [-0.05, 0) is 25.7 Å². The standard InChI is InChI=1S/C11H21NO2/c1-9(2)11(14)12-7-3-5-10(12)6-4-8-13/h9-10,13H,3-8H2,1-2H3. The van der Waals surface area contributed by atoms with Crippen molar-refractivity contribution in [3.63, 3.8) is 0 Å². The molecule has 0 bridgehead atoms. The highest BCUT2D eigenvalue weighted by atomic mass is 16.3. The predicted molar refractivity (Wildman–Crippen MR) is 55.9 cm³/mol. The molecular weight excluding hydrogens is 178 g/mol. The summed E-state index contributed by atoms with van der Waals surface area (Å²) in [6, 6.07) is 0.386. The van der Waals surface area contributed by atoms with Gasteiger partial charge in [-0.3, -0.25) is 4.79 Å². The van der Waals surface area contributed by atoms with E-state index < -0.39 is 0 Å². The van der Waals surface area contributed by atoms with Gasteiger partial charge in [-0.15, -0.1) is 0 Å². The second-order valence-corrected chi connectivity index (χ2v) is 4.35. The number of carbonyl (C=O) groups is 1. The van der Waals surface area contributed by atoms with Crippen LogP contribution in [-0.2, 0) is 4.79 Å². The van der Waals surface area contributed by atoms with E-state index in [1.165, 1.54) is 0 Å². The molecule has 0 aliphatic carbocycles. The molecule has 1 fully saturated rings. The van der Waals surface area contributed by atoms with Crippen molar-refractivity contribution in [1.29, 1.82) is 0 Å². The van der Waals surface area contributed by atoms with E-state index >= 15 is 0 Å². The number of rotatable bonds is 4. The van der Waals surface area contributed by atoms with Gasteiger partial charge in [0.1, 0.15) is 0 Å². The number of aliphatic hydroxyl groups is 1. The van der Waals surface area contributed by atoms with Crippen molar-refractivity contribution in [3.05, 3.63) is 0 Å². The predicted octanol–water partition coefficient (Wildman–Crippen LogP) is 1.41. The maximum Gasteiger partial charge on any atom is 0.225 e. The molecule has 3 heteroatoms. The average Bonchev–Trinajstić information content (AvgIpc) is 2.61. The molecule has 1 amide bonds. The lowest BCUT2D eigenvalue weighted by Gasteiger charge is -2.26. The van der Waals surface area contributed by atoms with Crippen LogP contribution in [0.25, 0.3) is 0 Å². The fourth-order valence-corrected chi connectivity index (χ4v) is 2.08. The van der Waals surface area contributed by atoms with E-state index in [9.17, 15) is 4.79 Å². The van der Waals surface area contributed by atoms with E-state index in [2.05, 4.69) is 0 Å². The number of carbonyl (C=O) groups excluding carboxylic acids is 1. The first-order valence-corrected chi connectivity index (χ1v) is 5.58. The first-order chi connectivity index (χ1) is 6.66. The summed E-state index contributed by atoms with van der Waals surface area (Å²) >= 11 is 0. The summed E-state index contributed by atoms with van der Waals surface area (Å²) in [5.41, 5.74) is 0. The van der Waals surface area contributed by atoms with Crippen LogP contribution in [0.3, 0.4) is 0 Å². The lowest BCUT2D eigenvalue weighted by Crippen LogP contribution is -2.38. The minimum atomic E-state index is 0.102. The Kier molecular flexibility index (Phi) is 4.39. The molecule has 1 rings (SSSR count). The third-order valence-electron chi connectivity index (χ3n) is 2.85. The van der Waals surface area contributed by atoms with E-state index in [1.807, 2.05) is 18.7 Å². The Morgan fingerprint density at radius 2 is 2.29 bits per heavy atom. The monoisotopic (exact) mass is 199 g/mol. The van der Waals surface area contributed by atoms with Crippen LogP contribution >= 0.6 is 0 Å². The molecule has 1 N–H and O–H groups in total. The van der Waals surface area contributed by atoms with Gasteiger partial charge in [-0.2, -0.15) is 0 Å². The summed E-state index contributed by atoms with van der Waals surface area (Å²) in [5, 5.41) is 8.76. The van der Waals surface area contributed by atoms with Crippen LogP contribution in [0.15, 0.2) is 0 Å². The maximum atomic E-state index is 11.8. The van der Waals surface area contributed by atoms with Gasteiger partial charge in [-0.1, -0.05) is 13.8 Å². The fourth-order valence-electron chi connectivity index (χ4n) is 2.08. The number of hydrogen-bond donors (Lipinski definition) is 1. The van der Waals surface area contributed by atoms with Crippen LogP contribution in [0.2, 0.25) is 0 Å². The quantitative estimate of drug-likeness (QED) is 0.743. The zero-order chi connectivity index (χ0) is 10.6. The third kappa shape index (κ3) is 2.71. The SMILES string of the molecule is CC(C)C(=O)N1CCCC1CCCO. The summed E-state index contributed by atoms with van der Waals surface area (Å²) in [6.07, 6.45) is 3.99. The number of aliphatic hydroxyl groups excluding tert-OH is 1. The molecule has 0 aromatic carbocycles. The summed E-state index contributed by atoms with van der Waals surface area (Å²) in [7, 11) is 0. The van der Waals surface area contributed by atoms with Crippen LogP contribution in [0, 0.1) is 5.92 Å². The Balaban J connectivity index is 2.46. The van der Waals surface area contributed by atoms with Crippen LogP contribution in [0.4, 0.5) is 0 Å². The molecule has 0 spiro atoms. The highest BCUT2D eigenvalue weighted by Crippen LogP contribution is 2.22. The van der Waals surface area contributed by atoms with Gasteiger partial charge >= 0.3 is 0 Å². The van der Waals surface area contributed by atoms with Crippen molar-refractivity contribution >= 4 is 5.91 Å². The third-order valence-corrected chi connectivity index (χ3v) is 2.85. The van der Waals surface area contributed by atoms with Gasteiger partial charge in [0, 0.05) is 25.1 Å².